The second kappa shape index (κ2) is 3.21. The quantitative estimate of drug-likeness (QED) is 0.699. The second-order valence-electron chi connectivity index (χ2n) is 2.49. The van der Waals surface area contributed by atoms with Gasteiger partial charge in [-0.1, -0.05) is 0 Å². The first-order valence-corrected chi connectivity index (χ1v) is 3.47. The zero-order valence-electron chi connectivity index (χ0n) is 6.60. The molecule has 0 aromatic carbocycles. The molecule has 72 valence electrons. The number of nitrogen functional groups attached to an aromatic ring is 1. The van der Waals surface area contributed by atoms with Gasteiger partial charge in [0.05, 0.1) is 0 Å². The van der Waals surface area contributed by atoms with Crippen molar-refractivity contribution in [3.63, 3.8) is 0 Å². The number of anilines is 1. The molecule has 0 bridgehead atoms. The first kappa shape index (κ1) is 9.79. The number of hydrogen-bond donors (Lipinski definition) is 2. The normalized spacial score (nSPS) is 11.7. The van der Waals surface area contributed by atoms with E-state index in [9.17, 15) is 13.2 Å². The third-order valence-corrected chi connectivity index (χ3v) is 1.43. The molecule has 0 saturated heterocycles. The lowest BCUT2D eigenvalue weighted by Crippen LogP contribution is -2.11. The monoisotopic (exact) mass is 191 g/mol. The van der Waals surface area contributed by atoms with Gasteiger partial charge in [0.2, 0.25) is 0 Å². The Bertz CT molecular complexity index is 308. The summed E-state index contributed by atoms with van der Waals surface area (Å²) < 4.78 is 36.4. The van der Waals surface area contributed by atoms with Crippen LogP contribution in [-0.4, -0.2) is 4.98 Å². The average molecular weight is 191 g/mol. The van der Waals surface area contributed by atoms with Crippen LogP contribution in [0.4, 0.5) is 19.0 Å². The summed E-state index contributed by atoms with van der Waals surface area (Å²) in [5.41, 5.74) is 9.66. The number of hydrogen-bond acceptors (Lipinski definition) is 3. The minimum atomic E-state index is -4.47. The van der Waals surface area contributed by atoms with Crippen LogP contribution in [0, 0.1) is 0 Å². The largest absolute Gasteiger partial charge is 0.433 e. The van der Waals surface area contributed by atoms with E-state index in [1.807, 2.05) is 0 Å². The van der Waals surface area contributed by atoms with Gasteiger partial charge in [0.1, 0.15) is 11.5 Å². The standard InChI is InChI=1S/C7H8F3N3/c8-7(9,10)5-1-4(3-11)2-6(12)13-5/h1-2H,3,11H2,(H2,12,13). The highest BCUT2D eigenvalue weighted by molar-refractivity contribution is 5.35. The minimum absolute atomic E-state index is 0.00972. The SMILES string of the molecule is NCc1cc(N)nc(C(F)(F)F)c1. The molecule has 0 amide bonds. The Morgan fingerprint density at radius 1 is 1.31 bits per heavy atom. The molecule has 0 aliphatic rings. The molecule has 0 radical (unpaired) electrons. The first-order valence-electron chi connectivity index (χ1n) is 3.47. The minimum Gasteiger partial charge on any atom is -0.384 e. The van der Waals surface area contributed by atoms with E-state index < -0.39 is 11.9 Å². The van der Waals surface area contributed by atoms with E-state index in [0.29, 0.717) is 5.56 Å². The number of nitrogens with two attached hydrogens (primary N) is 2. The van der Waals surface area contributed by atoms with Crippen LogP contribution in [0.5, 0.6) is 0 Å². The highest BCUT2D eigenvalue weighted by Crippen LogP contribution is 2.28. The van der Waals surface area contributed by atoms with Crippen LogP contribution in [0.1, 0.15) is 11.3 Å². The molecule has 4 N–H and O–H groups in total. The molecule has 1 rings (SSSR count). The Labute approximate surface area is 72.6 Å². The number of rotatable bonds is 1. The Morgan fingerprint density at radius 3 is 2.38 bits per heavy atom. The summed E-state index contributed by atoms with van der Waals surface area (Å²) in [6, 6.07) is 2.20. The zero-order chi connectivity index (χ0) is 10.1. The van der Waals surface area contributed by atoms with E-state index in [0.717, 1.165) is 6.07 Å². The van der Waals surface area contributed by atoms with Gasteiger partial charge in [-0.2, -0.15) is 13.2 Å². The fraction of sp³-hybridized carbons (Fsp3) is 0.286. The van der Waals surface area contributed by atoms with Crippen molar-refractivity contribution >= 4 is 5.82 Å². The summed E-state index contributed by atoms with van der Waals surface area (Å²) in [6.07, 6.45) is -4.47. The van der Waals surface area contributed by atoms with Gasteiger partial charge in [-0.15, -0.1) is 0 Å². The molecule has 1 aromatic rings. The van der Waals surface area contributed by atoms with Gasteiger partial charge in [0.25, 0.3) is 0 Å². The molecule has 0 saturated carbocycles. The lowest BCUT2D eigenvalue weighted by molar-refractivity contribution is -0.141. The van der Waals surface area contributed by atoms with E-state index in [-0.39, 0.29) is 12.4 Å². The lowest BCUT2D eigenvalue weighted by atomic mass is 10.2. The Balaban J connectivity index is 3.16. The van der Waals surface area contributed by atoms with E-state index in [2.05, 4.69) is 4.98 Å². The molecule has 13 heavy (non-hydrogen) atoms. The van der Waals surface area contributed by atoms with Gasteiger partial charge in [0.15, 0.2) is 0 Å². The lowest BCUT2D eigenvalue weighted by Gasteiger charge is -2.07. The van der Waals surface area contributed by atoms with Crippen molar-refractivity contribution in [1.29, 1.82) is 0 Å². The van der Waals surface area contributed by atoms with Crippen LogP contribution >= 0.6 is 0 Å². The maximum Gasteiger partial charge on any atom is 0.433 e. The highest BCUT2D eigenvalue weighted by atomic mass is 19.4. The number of nitrogens with zero attached hydrogens (tertiary/aromatic N) is 1. The van der Waals surface area contributed by atoms with Crippen LogP contribution in [0.25, 0.3) is 0 Å². The van der Waals surface area contributed by atoms with Crippen LogP contribution < -0.4 is 11.5 Å². The second-order valence-corrected chi connectivity index (χ2v) is 2.49. The van der Waals surface area contributed by atoms with Crippen LogP contribution in [-0.2, 0) is 12.7 Å². The summed E-state index contributed by atoms with van der Waals surface area (Å²) >= 11 is 0. The molecule has 0 aliphatic carbocycles. The summed E-state index contributed by atoms with van der Waals surface area (Å²) in [5.74, 6) is -0.171. The van der Waals surface area contributed by atoms with Crippen molar-refractivity contribution in [2.75, 3.05) is 5.73 Å². The number of pyridine rings is 1. The van der Waals surface area contributed by atoms with Gasteiger partial charge in [0, 0.05) is 6.54 Å². The van der Waals surface area contributed by atoms with Crippen LogP contribution in [0.2, 0.25) is 0 Å². The van der Waals surface area contributed by atoms with Gasteiger partial charge in [-0.3, -0.25) is 0 Å². The van der Waals surface area contributed by atoms with Crippen LogP contribution in [0.3, 0.4) is 0 Å². The first-order chi connectivity index (χ1) is 5.93. The summed E-state index contributed by atoms with van der Waals surface area (Å²) in [7, 11) is 0. The van der Waals surface area contributed by atoms with Crippen molar-refractivity contribution in [1.82, 2.24) is 4.98 Å². The number of halogens is 3. The number of aromatic nitrogens is 1. The molecule has 0 spiro atoms. The summed E-state index contributed by atoms with van der Waals surface area (Å²) in [6.45, 7) is 0.00972. The number of alkyl halides is 3. The van der Waals surface area contributed by atoms with Crippen molar-refractivity contribution < 1.29 is 13.2 Å². The molecule has 1 heterocycles. The molecule has 0 fully saturated rings. The average Bonchev–Trinajstić information content (AvgIpc) is 2.01. The molecule has 3 nitrogen and oxygen atoms in total. The van der Waals surface area contributed by atoms with Crippen molar-refractivity contribution in [2.24, 2.45) is 5.73 Å². The van der Waals surface area contributed by atoms with Crippen LogP contribution in [0.15, 0.2) is 12.1 Å². The molecule has 6 heteroatoms. The molecular formula is C7H8F3N3. The van der Waals surface area contributed by atoms with E-state index in [1.54, 1.807) is 0 Å². The molecule has 0 atom stereocenters. The molecule has 0 unspecified atom stereocenters. The van der Waals surface area contributed by atoms with Gasteiger partial charge in [-0.25, -0.2) is 4.98 Å². The fourth-order valence-corrected chi connectivity index (χ4v) is 0.874. The predicted molar refractivity (Wildman–Crippen MR) is 41.5 cm³/mol. The smallest absolute Gasteiger partial charge is 0.384 e. The van der Waals surface area contributed by atoms with E-state index in [4.69, 9.17) is 11.5 Å². The van der Waals surface area contributed by atoms with Gasteiger partial charge in [-0.05, 0) is 17.7 Å². The Hall–Kier alpha value is -1.30. The topological polar surface area (TPSA) is 64.9 Å². The Kier molecular flexibility index (Phi) is 2.42. The summed E-state index contributed by atoms with van der Waals surface area (Å²) in [5, 5.41) is 0. The zero-order valence-corrected chi connectivity index (χ0v) is 6.60. The van der Waals surface area contributed by atoms with Crippen molar-refractivity contribution in [3.05, 3.63) is 23.4 Å². The maximum atomic E-state index is 12.1. The van der Waals surface area contributed by atoms with E-state index in [1.165, 1.54) is 6.07 Å². The highest BCUT2D eigenvalue weighted by Gasteiger charge is 2.32. The molecular weight excluding hydrogens is 183 g/mol. The predicted octanol–water partition coefficient (Wildman–Crippen LogP) is 1.14. The molecule has 1 aromatic heterocycles. The van der Waals surface area contributed by atoms with Crippen molar-refractivity contribution in [3.8, 4) is 0 Å². The fourth-order valence-electron chi connectivity index (χ4n) is 0.874. The van der Waals surface area contributed by atoms with E-state index >= 15 is 0 Å². The van der Waals surface area contributed by atoms with Gasteiger partial charge >= 0.3 is 6.18 Å². The van der Waals surface area contributed by atoms with Gasteiger partial charge < -0.3 is 11.5 Å². The Morgan fingerprint density at radius 2 is 1.92 bits per heavy atom. The third-order valence-electron chi connectivity index (χ3n) is 1.43. The summed E-state index contributed by atoms with van der Waals surface area (Å²) in [4.78, 5) is 3.15. The third kappa shape index (κ3) is 2.32. The van der Waals surface area contributed by atoms with Crippen molar-refractivity contribution in [2.45, 2.75) is 12.7 Å². The molecule has 0 aliphatic heterocycles. The maximum absolute atomic E-state index is 12.1.